The van der Waals surface area contributed by atoms with E-state index in [1.165, 1.54) is 18.2 Å². The monoisotopic (exact) mass is 317 g/mol. The number of hydrogen-bond acceptors (Lipinski definition) is 3. The second-order valence-corrected chi connectivity index (χ2v) is 5.47. The van der Waals surface area contributed by atoms with Crippen LogP contribution in [0, 0.1) is 5.82 Å². The van der Waals surface area contributed by atoms with Gasteiger partial charge < -0.3 is 15.2 Å². The molecule has 0 aliphatic carbocycles. The highest BCUT2D eigenvalue weighted by molar-refractivity contribution is 5.94. The average Bonchev–Trinajstić information content (AvgIpc) is 2.52. The van der Waals surface area contributed by atoms with Crippen molar-refractivity contribution in [2.45, 2.75) is 26.1 Å². The lowest BCUT2D eigenvalue weighted by atomic mass is 10.1. The van der Waals surface area contributed by atoms with Crippen molar-refractivity contribution >= 4 is 5.91 Å². The molecule has 2 aromatic rings. The standard InChI is InChI=1S/C18H20FNO3/c1-12(2)23-16-8-6-13(7-9-16)17(21)11-20-18(22)14-4-3-5-15(19)10-14/h3-10,12,17,21H,11H2,1-2H3,(H,20,22). The van der Waals surface area contributed by atoms with E-state index in [0.29, 0.717) is 5.56 Å². The maximum Gasteiger partial charge on any atom is 0.251 e. The van der Waals surface area contributed by atoms with Crippen LogP contribution in [0.5, 0.6) is 5.75 Å². The lowest BCUT2D eigenvalue weighted by molar-refractivity contribution is 0.0915. The van der Waals surface area contributed by atoms with E-state index in [4.69, 9.17) is 4.74 Å². The number of amides is 1. The van der Waals surface area contributed by atoms with Crippen LogP contribution in [0.4, 0.5) is 4.39 Å². The van der Waals surface area contributed by atoms with Crippen molar-refractivity contribution in [3.63, 3.8) is 0 Å². The van der Waals surface area contributed by atoms with E-state index in [1.54, 1.807) is 24.3 Å². The first-order chi connectivity index (χ1) is 11.0. The van der Waals surface area contributed by atoms with Crippen molar-refractivity contribution in [2.24, 2.45) is 0 Å². The van der Waals surface area contributed by atoms with Crippen LogP contribution in [0.3, 0.4) is 0 Å². The van der Waals surface area contributed by atoms with Gasteiger partial charge in [-0.1, -0.05) is 18.2 Å². The number of carbonyl (C=O) groups excluding carboxylic acids is 1. The summed E-state index contributed by atoms with van der Waals surface area (Å²) in [5.74, 6) is -0.179. The summed E-state index contributed by atoms with van der Waals surface area (Å²) in [5.41, 5.74) is 0.888. The van der Waals surface area contributed by atoms with Crippen LogP contribution >= 0.6 is 0 Å². The molecule has 1 unspecified atom stereocenters. The number of carbonyl (C=O) groups is 1. The minimum atomic E-state index is -0.847. The van der Waals surface area contributed by atoms with Crippen LogP contribution < -0.4 is 10.1 Å². The molecule has 1 amide bonds. The zero-order chi connectivity index (χ0) is 16.8. The average molecular weight is 317 g/mol. The number of benzene rings is 2. The van der Waals surface area contributed by atoms with Gasteiger partial charge in [0.2, 0.25) is 0 Å². The van der Waals surface area contributed by atoms with Crippen molar-refractivity contribution in [1.82, 2.24) is 5.32 Å². The third-order valence-electron chi connectivity index (χ3n) is 3.18. The highest BCUT2D eigenvalue weighted by atomic mass is 19.1. The van der Waals surface area contributed by atoms with Gasteiger partial charge in [-0.15, -0.1) is 0 Å². The fourth-order valence-electron chi connectivity index (χ4n) is 2.08. The summed E-state index contributed by atoms with van der Waals surface area (Å²) >= 11 is 0. The number of nitrogens with one attached hydrogen (secondary N) is 1. The summed E-state index contributed by atoms with van der Waals surface area (Å²) in [6.07, 6.45) is -0.767. The van der Waals surface area contributed by atoms with Gasteiger partial charge >= 0.3 is 0 Å². The molecule has 2 rings (SSSR count). The van der Waals surface area contributed by atoms with Crippen LogP contribution in [-0.2, 0) is 0 Å². The van der Waals surface area contributed by atoms with E-state index in [2.05, 4.69) is 5.32 Å². The molecule has 4 nitrogen and oxygen atoms in total. The van der Waals surface area contributed by atoms with Crippen molar-refractivity contribution in [3.05, 3.63) is 65.5 Å². The van der Waals surface area contributed by atoms with Gasteiger partial charge in [0.15, 0.2) is 0 Å². The Labute approximate surface area is 134 Å². The number of rotatable bonds is 6. The van der Waals surface area contributed by atoms with Gasteiger partial charge in [-0.05, 0) is 49.7 Å². The molecule has 1 atom stereocenters. The van der Waals surface area contributed by atoms with E-state index in [9.17, 15) is 14.3 Å². The molecule has 0 radical (unpaired) electrons. The zero-order valence-electron chi connectivity index (χ0n) is 13.1. The van der Waals surface area contributed by atoms with Crippen molar-refractivity contribution in [2.75, 3.05) is 6.54 Å². The molecule has 0 spiro atoms. The molecule has 0 saturated heterocycles. The summed E-state index contributed by atoms with van der Waals surface area (Å²) in [6.45, 7) is 3.91. The van der Waals surface area contributed by atoms with Crippen LogP contribution in [0.1, 0.15) is 35.9 Å². The largest absolute Gasteiger partial charge is 0.491 e. The van der Waals surface area contributed by atoms with Crippen molar-refractivity contribution < 1.29 is 19.0 Å². The first-order valence-corrected chi connectivity index (χ1v) is 7.44. The first kappa shape index (κ1) is 17.0. The Morgan fingerprint density at radius 2 is 1.91 bits per heavy atom. The van der Waals surface area contributed by atoms with Gasteiger partial charge in [-0.3, -0.25) is 4.79 Å². The Hall–Kier alpha value is -2.40. The SMILES string of the molecule is CC(C)Oc1ccc(C(O)CNC(=O)c2cccc(F)c2)cc1. The second kappa shape index (κ2) is 7.74. The topological polar surface area (TPSA) is 58.6 Å². The van der Waals surface area contributed by atoms with Gasteiger partial charge in [-0.2, -0.15) is 0 Å². The summed E-state index contributed by atoms with van der Waals surface area (Å²) in [7, 11) is 0. The molecule has 0 aliphatic heterocycles. The maximum atomic E-state index is 13.1. The predicted octanol–water partition coefficient (Wildman–Crippen LogP) is 3.08. The summed E-state index contributed by atoms with van der Waals surface area (Å²) in [6, 6.07) is 12.4. The highest BCUT2D eigenvalue weighted by Crippen LogP contribution is 2.18. The van der Waals surface area contributed by atoms with E-state index >= 15 is 0 Å². The Morgan fingerprint density at radius 3 is 2.52 bits per heavy atom. The molecule has 0 heterocycles. The number of halogens is 1. The van der Waals surface area contributed by atoms with Crippen LogP contribution in [0.25, 0.3) is 0 Å². The number of hydrogen-bond donors (Lipinski definition) is 2. The van der Waals surface area contributed by atoms with E-state index < -0.39 is 17.8 Å². The van der Waals surface area contributed by atoms with Crippen LogP contribution in [-0.4, -0.2) is 23.7 Å². The molecular formula is C18H20FNO3. The van der Waals surface area contributed by atoms with E-state index in [0.717, 1.165) is 11.8 Å². The lowest BCUT2D eigenvalue weighted by Crippen LogP contribution is -2.28. The molecule has 0 bridgehead atoms. The number of aliphatic hydroxyl groups is 1. The first-order valence-electron chi connectivity index (χ1n) is 7.44. The molecule has 5 heteroatoms. The third kappa shape index (κ3) is 5.07. The fourth-order valence-corrected chi connectivity index (χ4v) is 2.08. The fraction of sp³-hybridized carbons (Fsp3) is 0.278. The highest BCUT2D eigenvalue weighted by Gasteiger charge is 2.11. The molecule has 23 heavy (non-hydrogen) atoms. The Bertz CT molecular complexity index is 656. The summed E-state index contributed by atoms with van der Waals surface area (Å²) in [5, 5.41) is 12.7. The summed E-state index contributed by atoms with van der Waals surface area (Å²) in [4.78, 5) is 11.9. The Morgan fingerprint density at radius 1 is 1.22 bits per heavy atom. The second-order valence-electron chi connectivity index (χ2n) is 5.47. The van der Waals surface area contributed by atoms with Gasteiger partial charge in [0.1, 0.15) is 11.6 Å². The number of aliphatic hydroxyl groups excluding tert-OH is 1. The van der Waals surface area contributed by atoms with E-state index in [1.807, 2.05) is 13.8 Å². The predicted molar refractivity (Wildman–Crippen MR) is 85.9 cm³/mol. The van der Waals surface area contributed by atoms with Gasteiger partial charge in [0.05, 0.1) is 12.2 Å². The molecule has 2 aromatic carbocycles. The molecule has 0 aromatic heterocycles. The molecule has 122 valence electrons. The maximum absolute atomic E-state index is 13.1. The minimum absolute atomic E-state index is 0.0414. The van der Waals surface area contributed by atoms with Gasteiger partial charge in [0.25, 0.3) is 5.91 Å². The Balaban J connectivity index is 1.91. The Kier molecular flexibility index (Phi) is 5.71. The third-order valence-corrected chi connectivity index (χ3v) is 3.18. The smallest absolute Gasteiger partial charge is 0.251 e. The molecular weight excluding hydrogens is 297 g/mol. The van der Waals surface area contributed by atoms with Crippen molar-refractivity contribution in [1.29, 1.82) is 0 Å². The van der Waals surface area contributed by atoms with Crippen LogP contribution in [0.15, 0.2) is 48.5 Å². The molecule has 0 fully saturated rings. The molecule has 0 aliphatic rings. The number of ether oxygens (including phenoxy) is 1. The quantitative estimate of drug-likeness (QED) is 0.861. The van der Waals surface area contributed by atoms with E-state index in [-0.39, 0.29) is 18.2 Å². The minimum Gasteiger partial charge on any atom is -0.491 e. The molecule has 0 saturated carbocycles. The van der Waals surface area contributed by atoms with Gasteiger partial charge in [-0.25, -0.2) is 4.39 Å². The molecule has 2 N–H and O–H groups in total. The summed E-state index contributed by atoms with van der Waals surface area (Å²) < 4.78 is 18.6. The normalized spacial score (nSPS) is 12.0. The zero-order valence-corrected chi connectivity index (χ0v) is 13.1. The van der Waals surface area contributed by atoms with Gasteiger partial charge in [0, 0.05) is 12.1 Å². The van der Waals surface area contributed by atoms with Crippen molar-refractivity contribution in [3.8, 4) is 5.75 Å². The lowest BCUT2D eigenvalue weighted by Gasteiger charge is -2.14. The van der Waals surface area contributed by atoms with Crippen LogP contribution in [0.2, 0.25) is 0 Å².